The molecule has 0 atom stereocenters. The van der Waals surface area contributed by atoms with Crippen LogP contribution >= 0.6 is 0 Å². The van der Waals surface area contributed by atoms with Gasteiger partial charge in [-0.1, -0.05) is 0 Å². The zero-order chi connectivity index (χ0) is 14.6. The highest BCUT2D eigenvalue weighted by Crippen LogP contribution is 2.29. The number of anilines is 1. The van der Waals surface area contributed by atoms with Crippen molar-refractivity contribution < 1.29 is 0 Å². The second-order valence-corrected chi connectivity index (χ2v) is 5.29. The molecule has 0 saturated heterocycles. The topological polar surface area (TPSA) is 62.7 Å². The fourth-order valence-corrected chi connectivity index (χ4v) is 2.62. The minimum atomic E-state index is 0.467. The monoisotopic (exact) mass is 270 g/mol. The van der Waals surface area contributed by atoms with Crippen molar-refractivity contribution in [1.29, 1.82) is 5.41 Å². The molecule has 20 heavy (non-hydrogen) atoms. The first-order valence-electron chi connectivity index (χ1n) is 6.46. The Morgan fingerprint density at radius 3 is 2.45 bits per heavy atom. The molecule has 6 nitrogen and oxygen atoms in total. The van der Waals surface area contributed by atoms with Gasteiger partial charge in [0.25, 0.3) is 0 Å². The Balaban J connectivity index is 2.50. The molecule has 104 valence electrons. The minimum Gasteiger partial charge on any atom is -0.347 e. The first kappa shape index (κ1) is 12.7. The molecular weight excluding hydrogens is 252 g/mol. The molecule has 0 fully saturated rings. The summed E-state index contributed by atoms with van der Waals surface area (Å²) in [6.45, 7) is 2.04. The minimum absolute atomic E-state index is 0.467. The van der Waals surface area contributed by atoms with Crippen LogP contribution in [0.15, 0.2) is 12.1 Å². The van der Waals surface area contributed by atoms with Crippen molar-refractivity contribution in [2.24, 2.45) is 14.1 Å². The third-order valence-corrected chi connectivity index (χ3v) is 3.76. The summed E-state index contributed by atoms with van der Waals surface area (Å²) in [5.41, 5.74) is 5.34. The van der Waals surface area contributed by atoms with Crippen LogP contribution in [0.2, 0.25) is 0 Å². The molecular formula is C14H18N6. The molecule has 0 bridgehead atoms. The Bertz CT molecular complexity index is 839. The van der Waals surface area contributed by atoms with Gasteiger partial charge >= 0.3 is 0 Å². The van der Waals surface area contributed by atoms with Gasteiger partial charge < -0.3 is 14.0 Å². The first-order chi connectivity index (χ1) is 9.41. The summed E-state index contributed by atoms with van der Waals surface area (Å²) in [5.74, 6) is 0.715. The van der Waals surface area contributed by atoms with Crippen LogP contribution in [0.3, 0.4) is 0 Å². The fraction of sp³-hybridized carbons (Fsp3) is 0.357. The van der Waals surface area contributed by atoms with Crippen LogP contribution < -0.4 is 10.5 Å². The summed E-state index contributed by atoms with van der Waals surface area (Å²) in [6.07, 6.45) is 0. The van der Waals surface area contributed by atoms with Gasteiger partial charge in [-0.2, -0.15) is 0 Å². The van der Waals surface area contributed by atoms with Crippen LogP contribution in [-0.2, 0) is 14.1 Å². The average Bonchev–Trinajstić information content (AvgIpc) is 2.88. The molecule has 1 aromatic rings. The van der Waals surface area contributed by atoms with Gasteiger partial charge in [0.05, 0.1) is 22.4 Å². The van der Waals surface area contributed by atoms with Gasteiger partial charge in [-0.05, 0) is 19.1 Å². The van der Waals surface area contributed by atoms with E-state index in [2.05, 4.69) is 9.97 Å². The van der Waals surface area contributed by atoms with Crippen LogP contribution in [-0.4, -0.2) is 33.2 Å². The third kappa shape index (κ3) is 1.54. The lowest BCUT2D eigenvalue weighted by molar-refractivity contribution is 0.741. The summed E-state index contributed by atoms with van der Waals surface area (Å²) in [5, 5.41) is 8.09. The highest BCUT2D eigenvalue weighted by molar-refractivity contribution is 5.85. The summed E-state index contributed by atoms with van der Waals surface area (Å²) in [7, 11) is 7.68. The van der Waals surface area contributed by atoms with Gasteiger partial charge in [0.1, 0.15) is 0 Å². The Kier molecular flexibility index (Phi) is 2.57. The van der Waals surface area contributed by atoms with Gasteiger partial charge in [0.15, 0.2) is 0 Å². The van der Waals surface area contributed by atoms with Crippen molar-refractivity contribution in [2.75, 3.05) is 19.0 Å². The van der Waals surface area contributed by atoms with E-state index in [0.717, 1.165) is 28.0 Å². The van der Waals surface area contributed by atoms with Gasteiger partial charge in [-0.25, -0.2) is 9.97 Å². The van der Waals surface area contributed by atoms with Crippen molar-refractivity contribution in [2.45, 2.75) is 6.92 Å². The highest BCUT2D eigenvalue weighted by atomic mass is 15.2. The Labute approximate surface area is 117 Å². The number of aromatic nitrogens is 4. The van der Waals surface area contributed by atoms with Crippen LogP contribution in [0.4, 0.5) is 5.95 Å². The summed E-state index contributed by atoms with van der Waals surface area (Å²) in [4.78, 5) is 11.1. The first-order valence-corrected chi connectivity index (χ1v) is 6.46. The number of hydrogen-bond acceptors (Lipinski definition) is 4. The molecule has 0 spiro atoms. The van der Waals surface area contributed by atoms with E-state index in [0.29, 0.717) is 11.6 Å². The molecule has 0 radical (unpaired) electrons. The smallest absolute Gasteiger partial charge is 0.226 e. The van der Waals surface area contributed by atoms with Crippen LogP contribution in [0.1, 0.15) is 5.56 Å². The molecule has 1 N–H and O–H groups in total. The van der Waals surface area contributed by atoms with Crippen LogP contribution in [0.5, 0.6) is 0 Å². The molecule has 0 saturated carbocycles. The SMILES string of the molecule is Cc1c2nc(N(C)C)nc-2ccc2c1n(C)c(=N)n2C. The van der Waals surface area contributed by atoms with Crippen molar-refractivity contribution in [3.05, 3.63) is 23.3 Å². The zero-order valence-corrected chi connectivity index (χ0v) is 12.4. The van der Waals surface area contributed by atoms with Gasteiger partial charge in [-0.15, -0.1) is 0 Å². The second-order valence-electron chi connectivity index (χ2n) is 5.29. The number of fused-ring (bicyclic) bond motifs is 2. The molecule has 2 aliphatic rings. The summed E-state index contributed by atoms with van der Waals surface area (Å²) in [6, 6.07) is 3.99. The molecule has 1 aliphatic carbocycles. The standard InChI is InChI=1S/C14H18N6/c1-8-11-9(16-14(17-11)18(2)3)6-7-10-12(8)20(5)13(15)19(10)4/h6-7,15H,1-5H3. The summed E-state index contributed by atoms with van der Waals surface area (Å²) >= 11 is 0. The largest absolute Gasteiger partial charge is 0.347 e. The van der Waals surface area contributed by atoms with E-state index in [4.69, 9.17) is 5.41 Å². The number of nitrogens with one attached hydrogen (secondary N) is 1. The maximum Gasteiger partial charge on any atom is 0.226 e. The maximum atomic E-state index is 8.09. The quantitative estimate of drug-likeness (QED) is 0.724. The van der Waals surface area contributed by atoms with E-state index in [1.807, 2.05) is 61.3 Å². The van der Waals surface area contributed by atoms with E-state index in [1.54, 1.807) is 0 Å². The van der Waals surface area contributed by atoms with Gasteiger partial charge in [0, 0.05) is 33.8 Å². The summed E-state index contributed by atoms with van der Waals surface area (Å²) < 4.78 is 3.75. The number of imidazole rings is 2. The molecule has 6 heteroatoms. The van der Waals surface area contributed by atoms with Crippen molar-refractivity contribution >= 4 is 17.0 Å². The Hall–Kier alpha value is -2.37. The number of nitrogens with zero attached hydrogens (tertiary/aromatic N) is 5. The lowest BCUT2D eigenvalue weighted by Crippen LogP contribution is -2.19. The second kappa shape index (κ2) is 4.06. The Morgan fingerprint density at radius 1 is 1.10 bits per heavy atom. The molecule has 0 unspecified atom stereocenters. The third-order valence-electron chi connectivity index (χ3n) is 3.76. The van der Waals surface area contributed by atoms with E-state index in [9.17, 15) is 0 Å². The van der Waals surface area contributed by atoms with E-state index < -0.39 is 0 Å². The van der Waals surface area contributed by atoms with Gasteiger partial charge in [0.2, 0.25) is 11.6 Å². The number of aryl methyl sites for hydroxylation is 3. The predicted octanol–water partition coefficient (Wildman–Crippen LogP) is 1.27. The highest BCUT2D eigenvalue weighted by Gasteiger charge is 2.17. The molecule has 0 amide bonds. The molecule has 0 aromatic carbocycles. The van der Waals surface area contributed by atoms with Crippen molar-refractivity contribution in [3.8, 4) is 11.4 Å². The Morgan fingerprint density at radius 2 is 1.80 bits per heavy atom. The van der Waals surface area contributed by atoms with E-state index in [-0.39, 0.29) is 0 Å². The lowest BCUT2D eigenvalue weighted by Gasteiger charge is -2.04. The van der Waals surface area contributed by atoms with Crippen LogP contribution in [0.25, 0.3) is 22.4 Å². The lowest BCUT2D eigenvalue weighted by atomic mass is 10.2. The molecule has 1 aliphatic heterocycles. The van der Waals surface area contributed by atoms with Gasteiger partial charge in [-0.3, -0.25) is 5.41 Å². The predicted molar refractivity (Wildman–Crippen MR) is 79.0 cm³/mol. The van der Waals surface area contributed by atoms with Crippen molar-refractivity contribution in [1.82, 2.24) is 19.1 Å². The van der Waals surface area contributed by atoms with E-state index in [1.165, 1.54) is 0 Å². The fourth-order valence-electron chi connectivity index (χ4n) is 2.62. The van der Waals surface area contributed by atoms with Crippen molar-refractivity contribution in [3.63, 3.8) is 0 Å². The van der Waals surface area contributed by atoms with E-state index >= 15 is 0 Å². The average molecular weight is 270 g/mol. The number of hydrogen-bond donors (Lipinski definition) is 1. The molecule has 1 aromatic heterocycles. The molecule has 3 rings (SSSR count). The normalized spacial score (nSPS) is 11.4. The number of rotatable bonds is 1. The van der Waals surface area contributed by atoms with Crippen LogP contribution in [0, 0.1) is 12.3 Å². The molecule has 2 heterocycles. The zero-order valence-electron chi connectivity index (χ0n) is 12.4. The maximum absolute atomic E-state index is 8.09.